The molecule has 13 heavy (non-hydrogen) atoms. The number of hydrogen-bond acceptors (Lipinski definition) is 4. The van der Waals surface area contributed by atoms with Gasteiger partial charge >= 0.3 is 0 Å². The standard InChI is InChI=1S/C9H14O4/c10-5-2-1-3-6(4-5)11-8-7-9(12-7)13-8/h5-10H,1-4H2. The highest BCUT2D eigenvalue weighted by Crippen LogP contribution is 2.42. The van der Waals surface area contributed by atoms with E-state index in [1.807, 2.05) is 0 Å². The lowest BCUT2D eigenvalue weighted by Gasteiger charge is -2.31. The first kappa shape index (κ1) is 8.17. The normalized spacial score (nSPS) is 53.8. The quantitative estimate of drug-likeness (QED) is 0.634. The minimum Gasteiger partial charge on any atom is -0.393 e. The van der Waals surface area contributed by atoms with E-state index in [4.69, 9.17) is 14.2 Å². The zero-order chi connectivity index (χ0) is 8.84. The van der Waals surface area contributed by atoms with Crippen LogP contribution in [0.5, 0.6) is 0 Å². The Morgan fingerprint density at radius 1 is 1.23 bits per heavy atom. The van der Waals surface area contributed by atoms with Crippen molar-refractivity contribution in [2.24, 2.45) is 0 Å². The van der Waals surface area contributed by atoms with E-state index in [2.05, 4.69) is 0 Å². The number of ether oxygens (including phenoxy) is 3. The summed E-state index contributed by atoms with van der Waals surface area (Å²) in [6.45, 7) is 0. The third-order valence-electron chi connectivity index (χ3n) is 2.94. The van der Waals surface area contributed by atoms with E-state index in [-0.39, 0.29) is 30.9 Å². The summed E-state index contributed by atoms with van der Waals surface area (Å²) in [6.07, 6.45) is 3.79. The molecule has 1 saturated carbocycles. The minimum absolute atomic E-state index is 0.0264. The van der Waals surface area contributed by atoms with Crippen LogP contribution in [0.4, 0.5) is 0 Å². The number of epoxide rings is 1. The average molecular weight is 186 g/mol. The van der Waals surface area contributed by atoms with Crippen LogP contribution in [0.3, 0.4) is 0 Å². The minimum atomic E-state index is -0.185. The molecule has 0 amide bonds. The zero-order valence-corrected chi connectivity index (χ0v) is 7.39. The van der Waals surface area contributed by atoms with Gasteiger partial charge in [0, 0.05) is 0 Å². The molecule has 0 aromatic heterocycles. The van der Waals surface area contributed by atoms with E-state index >= 15 is 0 Å². The van der Waals surface area contributed by atoms with Crippen molar-refractivity contribution in [1.29, 1.82) is 0 Å². The molecule has 1 N–H and O–H groups in total. The molecule has 0 bridgehead atoms. The van der Waals surface area contributed by atoms with E-state index in [9.17, 15) is 5.11 Å². The van der Waals surface area contributed by atoms with Gasteiger partial charge in [-0.05, 0) is 25.7 Å². The van der Waals surface area contributed by atoms with Gasteiger partial charge in [0.2, 0.25) is 0 Å². The predicted octanol–water partition coefficient (Wildman–Crippen LogP) is 0.388. The molecule has 3 aliphatic rings. The Balaban J connectivity index is 1.48. The number of rotatable bonds is 2. The maximum absolute atomic E-state index is 9.41. The third-order valence-corrected chi connectivity index (χ3v) is 2.94. The van der Waals surface area contributed by atoms with Gasteiger partial charge < -0.3 is 19.3 Å². The van der Waals surface area contributed by atoms with Crippen LogP contribution in [0.15, 0.2) is 0 Å². The van der Waals surface area contributed by atoms with Crippen LogP contribution < -0.4 is 0 Å². The topological polar surface area (TPSA) is 51.2 Å². The highest BCUT2D eigenvalue weighted by atomic mass is 16.9. The van der Waals surface area contributed by atoms with E-state index in [1.165, 1.54) is 0 Å². The fraction of sp³-hybridized carbons (Fsp3) is 1.00. The van der Waals surface area contributed by atoms with Gasteiger partial charge in [0.15, 0.2) is 18.7 Å². The van der Waals surface area contributed by atoms with Gasteiger partial charge in [0.1, 0.15) is 0 Å². The van der Waals surface area contributed by atoms with Crippen molar-refractivity contribution < 1.29 is 19.3 Å². The lowest BCUT2D eigenvalue weighted by Crippen LogP contribution is -2.40. The fourth-order valence-corrected chi connectivity index (χ4v) is 2.07. The maximum Gasteiger partial charge on any atom is 0.192 e. The molecule has 0 aromatic carbocycles. The van der Waals surface area contributed by atoms with Gasteiger partial charge in [-0.3, -0.25) is 0 Å². The Kier molecular flexibility index (Phi) is 1.83. The first-order valence-corrected chi connectivity index (χ1v) is 4.97. The first-order valence-electron chi connectivity index (χ1n) is 4.97. The molecule has 2 aliphatic heterocycles. The van der Waals surface area contributed by atoms with E-state index in [1.54, 1.807) is 0 Å². The van der Waals surface area contributed by atoms with Crippen molar-refractivity contribution in [2.75, 3.05) is 0 Å². The molecule has 3 rings (SSSR count). The Labute approximate surface area is 76.8 Å². The van der Waals surface area contributed by atoms with E-state index in [0.29, 0.717) is 0 Å². The molecule has 2 heterocycles. The molecule has 0 aromatic rings. The first-order chi connectivity index (χ1) is 6.33. The van der Waals surface area contributed by atoms with Crippen LogP contribution in [0.1, 0.15) is 25.7 Å². The second-order valence-electron chi connectivity index (χ2n) is 4.05. The third kappa shape index (κ3) is 1.48. The summed E-state index contributed by atoms with van der Waals surface area (Å²) in [5.41, 5.74) is 0. The van der Waals surface area contributed by atoms with Crippen LogP contribution >= 0.6 is 0 Å². The molecule has 0 radical (unpaired) electrons. The lowest BCUT2D eigenvalue weighted by molar-refractivity contribution is -0.231. The smallest absolute Gasteiger partial charge is 0.192 e. The molecule has 0 spiro atoms. The van der Waals surface area contributed by atoms with E-state index in [0.717, 1.165) is 25.7 Å². The number of fused-ring (bicyclic) bond motifs is 1. The largest absolute Gasteiger partial charge is 0.393 e. The summed E-state index contributed by atoms with van der Waals surface area (Å²) >= 11 is 0. The van der Waals surface area contributed by atoms with Gasteiger partial charge in [0.05, 0.1) is 12.2 Å². The monoisotopic (exact) mass is 186 g/mol. The second-order valence-corrected chi connectivity index (χ2v) is 4.05. The Hall–Kier alpha value is -0.160. The Morgan fingerprint density at radius 3 is 2.77 bits per heavy atom. The SMILES string of the molecule is OC1CCCC(OC2OC3OC23)C1. The maximum atomic E-state index is 9.41. The fourth-order valence-electron chi connectivity index (χ4n) is 2.07. The summed E-state index contributed by atoms with van der Waals surface area (Å²) in [5, 5.41) is 9.41. The number of aliphatic hydroxyl groups excluding tert-OH is 1. The summed E-state index contributed by atoms with van der Waals surface area (Å²) in [7, 11) is 0. The molecule has 1 aliphatic carbocycles. The predicted molar refractivity (Wildman–Crippen MR) is 42.9 cm³/mol. The summed E-state index contributed by atoms with van der Waals surface area (Å²) < 4.78 is 16.0. The van der Waals surface area contributed by atoms with Crippen LogP contribution in [0.2, 0.25) is 0 Å². The molecular formula is C9H14O4. The second kappa shape index (κ2) is 2.92. The van der Waals surface area contributed by atoms with Crippen LogP contribution in [0, 0.1) is 0 Å². The number of hydrogen-bond donors (Lipinski definition) is 1. The Morgan fingerprint density at radius 2 is 2.15 bits per heavy atom. The molecule has 2 saturated heterocycles. The summed E-state index contributed by atoms with van der Waals surface area (Å²) in [5.74, 6) is 0. The van der Waals surface area contributed by atoms with Crippen molar-refractivity contribution in [3.8, 4) is 0 Å². The van der Waals surface area contributed by atoms with Crippen molar-refractivity contribution >= 4 is 0 Å². The summed E-state index contributed by atoms with van der Waals surface area (Å²) in [4.78, 5) is 0. The lowest BCUT2D eigenvalue weighted by atomic mass is 9.95. The molecule has 4 nitrogen and oxygen atoms in total. The molecule has 4 heteroatoms. The molecule has 74 valence electrons. The van der Waals surface area contributed by atoms with E-state index < -0.39 is 0 Å². The number of aliphatic hydroxyl groups is 1. The van der Waals surface area contributed by atoms with Crippen molar-refractivity contribution in [3.05, 3.63) is 0 Å². The van der Waals surface area contributed by atoms with Gasteiger partial charge in [-0.2, -0.15) is 0 Å². The van der Waals surface area contributed by atoms with Gasteiger partial charge in [-0.15, -0.1) is 0 Å². The molecule has 5 atom stereocenters. The van der Waals surface area contributed by atoms with Crippen LogP contribution in [0.25, 0.3) is 0 Å². The van der Waals surface area contributed by atoms with Crippen LogP contribution in [-0.2, 0) is 14.2 Å². The molecular weight excluding hydrogens is 172 g/mol. The van der Waals surface area contributed by atoms with Gasteiger partial charge in [0.25, 0.3) is 0 Å². The molecule has 3 fully saturated rings. The summed E-state index contributed by atoms with van der Waals surface area (Å²) in [6, 6.07) is 0. The highest BCUT2D eigenvalue weighted by Gasteiger charge is 2.60. The van der Waals surface area contributed by atoms with Crippen molar-refractivity contribution in [1.82, 2.24) is 0 Å². The van der Waals surface area contributed by atoms with Crippen molar-refractivity contribution in [2.45, 2.75) is 56.6 Å². The highest BCUT2D eigenvalue weighted by molar-refractivity contribution is 4.91. The van der Waals surface area contributed by atoms with Gasteiger partial charge in [-0.1, -0.05) is 0 Å². The van der Waals surface area contributed by atoms with Crippen LogP contribution in [-0.4, -0.2) is 36.0 Å². The van der Waals surface area contributed by atoms with Gasteiger partial charge in [-0.25, -0.2) is 0 Å². The average Bonchev–Trinajstić information content (AvgIpc) is 2.73. The molecule has 5 unspecified atom stereocenters. The van der Waals surface area contributed by atoms with Crippen molar-refractivity contribution in [3.63, 3.8) is 0 Å². The Bertz CT molecular complexity index is 208. The zero-order valence-electron chi connectivity index (χ0n) is 7.39.